The van der Waals surface area contributed by atoms with Gasteiger partial charge in [0, 0.05) is 28.4 Å². The highest BCUT2D eigenvalue weighted by Crippen LogP contribution is 2.25. The normalized spacial score (nSPS) is 16.6. The molecule has 0 radical (unpaired) electrons. The first kappa shape index (κ1) is 28.9. The second kappa shape index (κ2) is 16.5. The van der Waals surface area contributed by atoms with Crippen LogP contribution in [0.4, 0.5) is 0 Å². The number of ether oxygens (including phenoxy) is 4. The van der Waals surface area contributed by atoms with Crippen LogP contribution in [0.5, 0.6) is 0 Å². The topological polar surface area (TPSA) is 109 Å². The molecule has 2 unspecified atom stereocenters. The highest BCUT2D eigenvalue weighted by molar-refractivity contribution is 6.36. The van der Waals surface area contributed by atoms with Gasteiger partial charge in [0.05, 0.1) is 31.2 Å². The fraction of sp³-hybridized carbons (Fsp3) is 0.900. The number of rotatable bonds is 18. The average molecular weight is 457 g/mol. The molecule has 30 heavy (non-hydrogen) atoms. The van der Waals surface area contributed by atoms with E-state index in [0.717, 1.165) is 37.8 Å². The van der Waals surface area contributed by atoms with Gasteiger partial charge in [-0.05, 0) is 26.7 Å². The summed E-state index contributed by atoms with van der Waals surface area (Å²) in [6.45, 7) is 3.58. The molecule has 2 atom stereocenters. The van der Waals surface area contributed by atoms with Crippen LogP contribution in [-0.2, 0) is 18.9 Å². The Labute approximate surface area is 187 Å². The Hall–Kier alpha value is -1.15. The molecule has 172 valence electrons. The van der Waals surface area contributed by atoms with Crippen LogP contribution in [0.1, 0.15) is 52.4 Å². The van der Waals surface area contributed by atoms with Gasteiger partial charge in [0.25, 0.3) is 0 Å². The van der Waals surface area contributed by atoms with Gasteiger partial charge in [-0.3, -0.25) is 0 Å². The molecule has 0 rings (SSSR count). The average Bonchev–Trinajstić information content (AvgIpc) is 2.77. The summed E-state index contributed by atoms with van der Waals surface area (Å²) in [4.78, 5) is 0. The molecule has 0 bridgehead atoms. The zero-order chi connectivity index (χ0) is 22.9. The maximum Gasteiger partial charge on any atom is 0.164 e. The molecule has 0 heterocycles. The number of hydrogen-bond acceptors (Lipinski definition) is 8. The highest BCUT2D eigenvalue weighted by Gasteiger charge is 2.28. The van der Waals surface area contributed by atoms with Crippen LogP contribution in [0.2, 0.25) is 12.1 Å². The first-order valence-corrected chi connectivity index (χ1v) is 14.3. The molecule has 0 amide bonds. The van der Waals surface area contributed by atoms with Crippen molar-refractivity contribution in [3.05, 3.63) is 0 Å². The SMILES string of the molecule is COC(OC)[SiH2]CCCCC(C)(C#N)N=NC(C)(C#N)CCCC[SiH2]C(OC)OC. The lowest BCUT2D eigenvalue weighted by Crippen LogP contribution is -2.24. The molecule has 0 aromatic rings. The lowest BCUT2D eigenvalue weighted by Gasteiger charge is -2.20. The minimum absolute atomic E-state index is 0.0408. The summed E-state index contributed by atoms with van der Waals surface area (Å²) < 4.78 is 21.0. The Morgan fingerprint density at radius 1 is 0.700 bits per heavy atom. The third kappa shape index (κ3) is 12.5. The van der Waals surface area contributed by atoms with E-state index in [-0.39, 0.29) is 11.8 Å². The zero-order valence-corrected chi connectivity index (χ0v) is 22.5. The van der Waals surface area contributed by atoms with Crippen molar-refractivity contribution in [3.8, 4) is 12.1 Å². The van der Waals surface area contributed by atoms with Crippen LogP contribution in [-0.4, -0.2) is 70.4 Å². The van der Waals surface area contributed by atoms with Crippen molar-refractivity contribution in [2.24, 2.45) is 10.2 Å². The van der Waals surface area contributed by atoms with E-state index in [1.165, 1.54) is 0 Å². The van der Waals surface area contributed by atoms with Crippen LogP contribution in [0.3, 0.4) is 0 Å². The first-order valence-electron chi connectivity index (χ1n) is 10.7. The monoisotopic (exact) mass is 456 g/mol. The number of azo groups is 1. The van der Waals surface area contributed by atoms with Crippen molar-refractivity contribution in [1.82, 2.24) is 0 Å². The zero-order valence-electron chi connectivity index (χ0n) is 19.6. The van der Waals surface area contributed by atoms with Gasteiger partial charge in [-0.25, -0.2) is 0 Å². The molecule has 0 saturated heterocycles. The lowest BCUT2D eigenvalue weighted by atomic mass is 9.96. The molecule has 0 aromatic heterocycles. The maximum atomic E-state index is 9.58. The Morgan fingerprint density at radius 3 is 1.30 bits per heavy atom. The Kier molecular flexibility index (Phi) is 15.9. The molecule has 8 nitrogen and oxygen atoms in total. The molecule has 0 aliphatic rings. The highest BCUT2D eigenvalue weighted by atomic mass is 28.2. The predicted molar refractivity (Wildman–Crippen MR) is 123 cm³/mol. The third-order valence-electron chi connectivity index (χ3n) is 5.23. The molecule has 0 aromatic carbocycles. The van der Waals surface area contributed by atoms with Crippen LogP contribution in [0.15, 0.2) is 10.2 Å². The van der Waals surface area contributed by atoms with E-state index < -0.39 is 30.1 Å². The Balaban J connectivity index is 4.46. The van der Waals surface area contributed by atoms with Crippen LogP contribution in [0.25, 0.3) is 0 Å². The fourth-order valence-electron chi connectivity index (χ4n) is 3.06. The van der Waals surface area contributed by atoms with Gasteiger partial charge in [-0.1, -0.05) is 37.8 Å². The summed E-state index contributed by atoms with van der Waals surface area (Å²) in [5.41, 5.74) is -1.78. The number of hydrogen-bond donors (Lipinski definition) is 0. The first-order chi connectivity index (χ1) is 14.3. The van der Waals surface area contributed by atoms with Crippen molar-refractivity contribution in [1.29, 1.82) is 10.5 Å². The van der Waals surface area contributed by atoms with Gasteiger partial charge in [-0.2, -0.15) is 20.8 Å². The Bertz CT molecular complexity index is 514. The largest absolute Gasteiger partial charge is 0.360 e. The van der Waals surface area contributed by atoms with Crippen LogP contribution < -0.4 is 0 Å². The smallest absolute Gasteiger partial charge is 0.164 e. The van der Waals surface area contributed by atoms with Crippen molar-refractivity contribution in [3.63, 3.8) is 0 Å². The third-order valence-corrected chi connectivity index (χ3v) is 9.32. The van der Waals surface area contributed by atoms with Crippen molar-refractivity contribution in [2.75, 3.05) is 28.4 Å². The number of nitriles is 2. The molecule has 0 saturated carbocycles. The second-order valence-electron chi connectivity index (χ2n) is 7.97. The van der Waals surface area contributed by atoms with Gasteiger partial charge in [0.15, 0.2) is 11.1 Å². The van der Waals surface area contributed by atoms with E-state index in [1.807, 2.05) is 0 Å². The van der Waals surface area contributed by atoms with E-state index in [2.05, 4.69) is 22.4 Å². The van der Waals surface area contributed by atoms with Crippen LogP contribution in [0, 0.1) is 22.7 Å². The second-order valence-corrected chi connectivity index (χ2v) is 11.9. The van der Waals surface area contributed by atoms with E-state index in [9.17, 15) is 10.5 Å². The van der Waals surface area contributed by atoms with E-state index in [1.54, 1.807) is 42.3 Å². The van der Waals surface area contributed by atoms with E-state index in [0.29, 0.717) is 12.8 Å². The molecular weight excluding hydrogens is 416 g/mol. The quantitative estimate of drug-likeness (QED) is 0.136. The van der Waals surface area contributed by atoms with Gasteiger partial charge in [-0.15, -0.1) is 0 Å². The minimum Gasteiger partial charge on any atom is -0.360 e. The fourth-order valence-corrected chi connectivity index (χ4v) is 5.95. The lowest BCUT2D eigenvalue weighted by molar-refractivity contribution is -0.0442. The molecule has 0 N–H and O–H groups in total. The molecule has 0 aliphatic carbocycles. The van der Waals surface area contributed by atoms with Gasteiger partial charge in [0.2, 0.25) is 0 Å². The molecule has 0 fully saturated rings. The predicted octanol–water partition coefficient (Wildman–Crippen LogP) is 2.67. The van der Waals surface area contributed by atoms with Crippen LogP contribution >= 0.6 is 0 Å². The van der Waals surface area contributed by atoms with E-state index in [4.69, 9.17) is 18.9 Å². The summed E-state index contributed by atoms with van der Waals surface area (Å²) >= 11 is 0. The van der Waals surface area contributed by atoms with E-state index >= 15 is 0 Å². The Morgan fingerprint density at radius 2 is 1.03 bits per heavy atom. The van der Waals surface area contributed by atoms with Crippen molar-refractivity contribution < 1.29 is 18.9 Å². The van der Waals surface area contributed by atoms with Crippen molar-refractivity contribution in [2.45, 2.75) is 87.4 Å². The minimum atomic E-state index is -0.890. The van der Waals surface area contributed by atoms with Crippen molar-refractivity contribution >= 4 is 19.0 Å². The summed E-state index contributed by atoms with van der Waals surface area (Å²) in [6.07, 6.45) is 5.09. The number of unbranched alkanes of at least 4 members (excludes halogenated alkanes) is 2. The summed E-state index contributed by atoms with van der Waals surface area (Å²) in [5.74, 6) is -0.0816. The number of nitrogens with zero attached hydrogens (tertiary/aromatic N) is 4. The summed E-state index contributed by atoms with van der Waals surface area (Å²) in [6, 6.07) is 6.73. The maximum absolute atomic E-state index is 9.58. The van der Waals surface area contributed by atoms with Gasteiger partial charge in [0.1, 0.15) is 11.8 Å². The molecule has 0 aliphatic heterocycles. The molecule has 0 spiro atoms. The van der Waals surface area contributed by atoms with Gasteiger partial charge < -0.3 is 18.9 Å². The standard InChI is InChI=1S/C20H40N4O4Si2/c1-19(15-21,11-7-9-13-29-17(25-3)26-4)23-24-20(2,16-22)12-8-10-14-30-18(27-5)28-6/h17-18H,7-14,29-30H2,1-6H3. The summed E-state index contributed by atoms with van der Waals surface area (Å²) in [7, 11) is 5.77. The number of methoxy groups -OCH3 is 4. The van der Waals surface area contributed by atoms with Gasteiger partial charge >= 0.3 is 0 Å². The molecule has 10 heteroatoms. The molecular formula is C20H40N4O4Si2. The summed E-state index contributed by atoms with van der Waals surface area (Å²) in [5, 5.41) is 27.8.